The predicted molar refractivity (Wildman–Crippen MR) is 105 cm³/mol. The predicted octanol–water partition coefficient (Wildman–Crippen LogP) is 4.81. The Balaban J connectivity index is 2.01. The summed E-state index contributed by atoms with van der Waals surface area (Å²) in [5.41, 5.74) is 9.77. The van der Waals surface area contributed by atoms with Gasteiger partial charge in [-0.25, -0.2) is 9.78 Å². The van der Waals surface area contributed by atoms with E-state index in [0.29, 0.717) is 18.0 Å². The molecule has 0 unspecified atom stereocenters. The number of anilines is 1. The molecule has 4 nitrogen and oxygen atoms in total. The Kier molecular flexibility index (Phi) is 4.01. The number of fused-ring (bicyclic) bond motifs is 2. The lowest BCUT2D eigenvalue weighted by Gasteiger charge is -2.12. The zero-order valence-electron chi connectivity index (χ0n) is 14.4. The lowest BCUT2D eigenvalue weighted by Crippen LogP contribution is -2.07. The van der Waals surface area contributed by atoms with Crippen molar-refractivity contribution >= 4 is 33.3 Å². The molecule has 0 atom stereocenters. The van der Waals surface area contributed by atoms with Crippen molar-refractivity contribution in [2.75, 3.05) is 12.3 Å². The van der Waals surface area contributed by atoms with Crippen LogP contribution >= 0.6 is 0 Å². The Labute approximate surface area is 151 Å². The van der Waals surface area contributed by atoms with Gasteiger partial charge in [0.25, 0.3) is 0 Å². The third kappa shape index (κ3) is 2.75. The fourth-order valence-electron chi connectivity index (χ4n) is 3.24. The molecule has 0 aliphatic heterocycles. The second kappa shape index (κ2) is 6.48. The summed E-state index contributed by atoms with van der Waals surface area (Å²) >= 11 is 0. The maximum atomic E-state index is 12.1. The SMILES string of the molecule is CCOC(=O)c1ccc2cc(N)cc(-c3cccc4ccccc34)c2n1. The number of carbonyl (C=O) groups is 1. The number of nitrogens with zero attached hydrogens (tertiary/aromatic N) is 1. The van der Waals surface area contributed by atoms with Crippen molar-refractivity contribution in [3.05, 3.63) is 72.4 Å². The van der Waals surface area contributed by atoms with Gasteiger partial charge in [-0.1, -0.05) is 48.5 Å². The summed E-state index contributed by atoms with van der Waals surface area (Å²) in [7, 11) is 0. The molecule has 26 heavy (non-hydrogen) atoms. The van der Waals surface area contributed by atoms with Crippen molar-refractivity contribution in [2.45, 2.75) is 6.92 Å². The van der Waals surface area contributed by atoms with Gasteiger partial charge in [-0.2, -0.15) is 0 Å². The van der Waals surface area contributed by atoms with E-state index in [2.05, 4.69) is 29.2 Å². The highest BCUT2D eigenvalue weighted by molar-refractivity contribution is 6.06. The first kappa shape index (κ1) is 16.1. The molecule has 4 heteroatoms. The van der Waals surface area contributed by atoms with E-state index in [1.807, 2.05) is 36.4 Å². The summed E-state index contributed by atoms with van der Waals surface area (Å²) < 4.78 is 5.09. The first-order valence-corrected chi connectivity index (χ1v) is 8.53. The second-order valence-corrected chi connectivity index (χ2v) is 6.08. The van der Waals surface area contributed by atoms with Crippen molar-refractivity contribution in [1.29, 1.82) is 0 Å². The molecule has 0 saturated carbocycles. The van der Waals surface area contributed by atoms with Gasteiger partial charge in [-0.3, -0.25) is 0 Å². The Hall–Kier alpha value is -3.40. The lowest BCUT2D eigenvalue weighted by molar-refractivity contribution is 0.0520. The minimum Gasteiger partial charge on any atom is -0.461 e. The monoisotopic (exact) mass is 342 g/mol. The molecule has 4 rings (SSSR count). The van der Waals surface area contributed by atoms with E-state index in [-0.39, 0.29) is 0 Å². The van der Waals surface area contributed by atoms with Crippen LogP contribution in [0.4, 0.5) is 5.69 Å². The standard InChI is InChI=1S/C22H18N2O2/c1-2-26-22(25)20-11-10-15-12-16(23)13-19(21(15)24-20)18-9-5-7-14-6-3-4-8-17(14)18/h3-13H,2,23H2,1H3. The number of benzene rings is 3. The molecule has 0 fully saturated rings. The number of esters is 1. The first-order valence-electron chi connectivity index (χ1n) is 8.53. The van der Waals surface area contributed by atoms with Gasteiger partial charge in [0, 0.05) is 16.6 Å². The molecule has 1 aromatic heterocycles. The summed E-state index contributed by atoms with van der Waals surface area (Å²) in [5.74, 6) is -0.421. The maximum absolute atomic E-state index is 12.1. The molecule has 2 N–H and O–H groups in total. The van der Waals surface area contributed by atoms with Crippen LogP contribution in [0.3, 0.4) is 0 Å². The molecule has 0 spiro atoms. The maximum Gasteiger partial charge on any atom is 0.356 e. The highest BCUT2D eigenvalue weighted by atomic mass is 16.5. The molecular formula is C22H18N2O2. The number of nitrogen functional groups attached to an aromatic ring is 1. The van der Waals surface area contributed by atoms with E-state index in [1.165, 1.54) is 0 Å². The largest absolute Gasteiger partial charge is 0.461 e. The van der Waals surface area contributed by atoms with Crippen LogP contribution in [0.15, 0.2) is 66.7 Å². The third-order valence-corrected chi connectivity index (χ3v) is 4.38. The molecule has 128 valence electrons. The highest BCUT2D eigenvalue weighted by Gasteiger charge is 2.14. The van der Waals surface area contributed by atoms with Crippen molar-refractivity contribution in [1.82, 2.24) is 4.98 Å². The van der Waals surface area contributed by atoms with Gasteiger partial charge in [0.1, 0.15) is 5.69 Å². The van der Waals surface area contributed by atoms with Crippen LogP contribution in [0, 0.1) is 0 Å². The Morgan fingerprint density at radius 2 is 1.77 bits per heavy atom. The molecule has 4 aromatic rings. The van der Waals surface area contributed by atoms with Crippen LogP contribution in [0.1, 0.15) is 17.4 Å². The second-order valence-electron chi connectivity index (χ2n) is 6.08. The molecule has 0 bridgehead atoms. The summed E-state index contributed by atoms with van der Waals surface area (Å²) in [5, 5.41) is 3.15. The fourth-order valence-corrected chi connectivity index (χ4v) is 3.24. The van der Waals surface area contributed by atoms with Crippen molar-refractivity contribution in [2.24, 2.45) is 0 Å². The van der Waals surface area contributed by atoms with Gasteiger partial charge < -0.3 is 10.5 Å². The summed E-state index contributed by atoms with van der Waals surface area (Å²) in [4.78, 5) is 16.7. The van der Waals surface area contributed by atoms with Gasteiger partial charge in [0.15, 0.2) is 0 Å². The van der Waals surface area contributed by atoms with Gasteiger partial charge >= 0.3 is 5.97 Å². The average Bonchev–Trinajstić information content (AvgIpc) is 2.66. The zero-order chi connectivity index (χ0) is 18.1. The molecule has 0 amide bonds. The van der Waals surface area contributed by atoms with E-state index in [9.17, 15) is 4.79 Å². The number of rotatable bonds is 3. The average molecular weight is 342 g/mol. The van der Waals surface area contributed by atoms with Crippen LogP contribution in [-0.4, -0.2) is 17.6 Å². The van der Waals surface area contributed by atoms with Crippen molar-refractivity contribution in [3.8, 4) is 11.1 Å². The number of nitrogens with two attached hydrogens (primary N) is 1. The van der Waals surface area contributed by atoms with Crippen molar-refractivity contribution < 1.29 is 9.53 Å². The summed E-state index contributed by atoms with van der Waals surface area (Å²) in [6, 6.07) is 21.6. The van der Waals surface area contributed by atoms with Crippen LogP contribution in [0.25, 0.3) is 32.8 Å². The molecule has 1 heterocycles. The van der Waals surface area contributed by atoms with E-state index >= 15 is 0 Å². The molecule has 0 saturated heterocycles. The first-order chi connectivity index (χ1) is 12.7. The van der Waals surface area contributed by atoms with Crippen LogP contribution in [0.5, 0.6) is 0 Å². The van der Waals surface area contributed by atoms with Gasteiger partial charge in [0.2, 0.25) is 0 Å². The lowest BCUT2D eigenvalue weighted by atomic mass is 9.95. The Morgan fingerprint density at radius 1 is 0.962 bits per heavy atom. The number of pyridine rings is 1. The number of hydrogen-bond acceptors (Lipinski definition) is 4. The number of hydrogen-bond donors (Lipinski definition) is 1. The molecule has 0 aliphatic carbocycles. The van der Waals surface area contributed by atoms with Crippen LogP contribution < -0.4 is 5.73 Å². The zero-order valence-corrected chi connectivity index (χ0v) is 14.4. The quantitative estimate of drug-likeness (QED) is 0.428. The Morgan fingerprint density at radius 3 is 2.62 bits per heavy atom. The van der Waals surface area contributed by atoms with Crippen LogP contribution in [-0.2, 0) is 4.74 Å². The third-order valence-electron chi connectivity index (χ3n) is 4.38. The smallest absolute Gasteiger partial charge is 0.356 e. The van der Waals surface area contributed by atoms with Crippen LogP contribution in [0.2, 0.25) is 0 Å². The fraction of sp³-hybridized carbons (Fsp3) is 0.0909. The minimum absolute atomic E-state index is 0.297. The van der Waals surface area contributed by atoms with Gasteiger partial charge in [-0.05, 0) is 41.5 Å². The van der Waals surface area contributed by atoms with E-state index in [4.69, 9.17) is 10.5 Å². The highest BCUT2D eigenvalue weighted by Crippen LogP contribution is 2.34. The summed E-state index contributed by atoms with van der Waals surface area (Å²) in [6.07, 6.45) is 0. The number of carbonyl (C=O) groups excluding carboxylic acids is 1. The normalized spacial score (nSPS) is 11.0. The number of aromatic nitrogens is 1. The Bertz CT molecular complexity index is 1130. The van der Waals surface area contributed by atoms with Gasteiger partial charge in [-0.15, -0.1) is 0 Å². The number of ether oxygens (including phenoxy) is 1. The minimum atomic E-state index is -0.421. The molecule has 0 aliphatic rings. The molecule has 0 radical (unpaired) electrons. The van der Waals surface area contributed by atoms with Crippen molar-refractivity contribution in [3.63, 3.8) is 0 Å². The summed E-state index contributed by atoms with van der Waals surface area (Å²) in [6.45, 7) is 2.09. The van der Waals surface area contributed by atoms with E-state index < -0.39 is 5.97 Å². The topological polar surface area (TPSA) is 65.2 Å². The molecular weight excluding hydrogens is 324 g/mol. The molecule has 3 aromatic carbocycles. The van der Waals surface area contributed by atoms with E-state index in [1.54, 1.807) is 13.0 Å². The van der Waals surface area contributed by atoms with E-state index in [0.717, 1.165) is 32.8 Å². The van der Waals surface area contributed by atoms with Gasteiger partial charge in [0.05, 0.1) is 12.1 Å².